The number of ether oxygens (including phenoxy) is 2. The van der Waals surface area contributed by atoms with Crippen molar-refractivity contribution in [3.63, 3.8) is 0 Å². The highest BCUT2D eigenvalue weighted by Gasteiger charge is 2.20. The quantitative estimate of drug-likeness (QED) is 0.861. The Hall–Kier alpha value is -2.31. The number of nitrogens with one attached hydrogen (secondary N) is 1. The van der Waals surface area contributed by atoms with Crippen LogP contribution >= 0.6 is 11.6 Å². The predicted octanol–water partition coefficient (Wildman–Crippen LogP) is 3.71. The van der Waals surface area contributed by atoms with Crippen molar-refractivity contribution >= 4 is 23.2 Å². The number of rotatable bonds is 5. The third-order valence-corrected chi connectivity index (χ3v) is 4.58. The first kappa shape index (κ1) is 18.5. The van der Waals surface area contributed by atoms with Crippen LogP contribution in [0.4, 0.5) is 10.1 Å². The molecule has 0 bridgehead atoms. The summed E-state index contributed by atoms with van der Waals surface area (Å²) < 4.78 is 24.2. The average molecular weight is 379 g/mol. The van der Waals surface area contributed by atoms with Crippen LogP contribution in [-0.2, 0) is 11.3 Å². The number of nitrogens with zero attached hydrogens (tertiary/aromatic N) is 1. The molecule has 138 valence electrons. The summed E-state index contributed by atoms with van der Waals surface area (Å²) in [7, 11) is 1.85. The Labute approximate surface area is 156 Å². The molecule has 5 nitrogen and oxygen atoms in total. The molecule has 0 radical (unpaired) electrons. The van der Waals surface area contributed by atoms with Crippen LogP contribution in [0.25, 0.3) is 0 Å². The largest absolute Gasteiger partial charge is 0.486 e. The number of benzene rings is 2. The first-order valence-corrected chi connectivity index (χ1v) is 8.66. The van der Waals surface area contributed by atoms with Crippen LogP contribution in [0, 0.1) is 5.82 Å². The zero-order valence-electron chi connectivity index (χ0n) is 14.6. The number of halogens is 2. The maximum absolute atomic E-state index is 13.1. The molecule has 0 unspecified atom stereocenters. The fourth-order valence-corrected chi connectivity index (χ4v) is 2.85. The van der Waals surface area contributed by atoms with E-state index in [0.29, 0.717) is 25.4 Å². The summed E-state index contributed by atoms with van der Waals surface area (Å²) >= 11 is 5.96. The monoisotopic (exact) mass is 378 g/mol. The van der Waals surface area contributed by atoms with Crippen molar-refractivity contribution in [2.45, 2.75) is 19.5 Å². The molecule has 1 aliphatic heterocycles. The van der Waals surface area contributed by atoms with Gasteiger partial charge in [0.15, 0.2) is 11.5 Å². The molecule has 1 amide bonds. The minimum atomic E-state index is -0.447. The van der Waals surface area contributed by atoms with E-state index < -0.39 is 11.9 Å². The zero-order valence-corrected chi connectivity index (χ0v) is 15.3. The topological polar surface area (TPSA) is 50.8 Å². The van der Waals surface area contributed by atoms with Gasteiger partial charge in [-0.1, -0.05) is 17.7 Å². The van der Waals surface area contributed by atoms with Gasteiger partial charge < -0.3 is 14.8 Å². The number of hydrogen-bond acceptors (Lipinski definition) is 4. The second kappa shape index (κ2) is 7.93. The van der Waals surface area contributed by atoms with Gasteiger partial charge in [0.25, 0.3) is 0 Å². The van der Waals surface area contributed by atoms with Gasteiger partial charge in [0.2, 0.25) is 5.91 Å². The third-order valence-electron chi connectivity index (χ3n) is 4.27. The van der Waals surface area contributed by atoms with Gasteiger partial charge in [0.05, 0.1) is 16.8 Å². The highest BCUT2D eigenvalue weighted by Crippen LogP contribution is 2.31. The lowest BCUT2D eigenvalue weighted by Crippen LogP contribution is -2.39. The van der Waals surface area contributed by atoms with Gasteiger partial charge in [-0.05, 0) is 49.9 Å². The average Bonchev–Trinajstić information content (AvgIpc) is 2.63. The number of amides is 1. The Morgan fingerprint density at radius 2 is 1.96 bits per heavy atom. The maximum Gasteiger partial charge on any atom is 0.241 e. The van der Waals surface area contributed by atoms with Crippen LogP contribution in [0.3, 0.4) is 0 Å². The van der Waals surface area contributed by atoms with E-state index in [1.807, 2.05) is 30.1 Å². The Balaban J connectivity index is 1.63. The molecule has 2 aromatic rings. The van der Waals surface area contributed by atoms with Crippen molar-refractivity contribution in [2.75, 3.05) is 25.6 Å². The smallest absolute Gasteiger partial charge is 0.241 e. The van der Waals surface area contributed by atoms with Crippen LogP contribution in [0.5, 0.6) is 11.5 Å². The molecule has 26 heavy (non-hydrogen) atoms. The number of hydrogen-bond donors (Lipinski definition) is 1. The van der Waals surface area contributed by atoms with E-state index in [9.17, 15) is 9.18 Å². The maximum atomic E-state index is 13.1. The van der Waals surface area contributed by atoms with E-state index in [0.717, 1.165) is 17.1 Å². The van der Waals surface area contributed by atoms with Crippen molar-refractivity contribution in [3.05, 3.63) is 52.8 Å². The fourth-order valence-electron chi connectivity index (χ4n) is 2.64. The minimum Gasteiger partial charge on any atom is -0.486 e. The second-order valence-electron chi connectivity index (χ2n) is 6.18. The summed E-state index contributed by atoms with van der Waals surface area (Å²) in [5, 5.41) is 2.90. The molecule has 0 saturated carbocycles. The second-order valence-corrected chi connectivity index (χ2v) is 6.59. The van der Waals surface area contributed by atoms with Crippen LogP contribution in [-0.4, -0.2) is 37.1 Å². The van der Waals surface area contributed by atoms with E-state index in [2.05, 4.69) is 5.32 Å². The van der Waals surface area contributed by atoms with Crippen LogP contribution < -0.4 is 14.8 Å². The number of fused-ring (bicyclic) bond motifs is 1. The molecule has 1 N–H and O–H groups in total. The fraction of sp³-hybridized carbons (Fsp3) is 0.316. The minimum absolute atomic E-state index is 0.167. The standard InChI is InChI=1S/C19H20ClFN2O3/c1-12(19(24)22-16-5-4-14(21)10-15(16)20)23(2)11-13-3-6-17-18(9-13)26-8-7-25-17/h3-6,9-10,12H,7-8,11H2,1-2H3,(H,22,24)/t12-/m0/s1. The number of carbonyl (C=O) groups is 1. The van der Waals surface area contributed by atoms with Gasteiger partial charge in [-0.3, -0.25) is 9.69 Å². The molecular formula is C19H20ClFN2O3. The molecule has 1 aliphatic rings. The molecule has 0 fully saturated rings. The molecule has 0 spiro atoms. The Bertz CT molecular complexity index is 815. The van der Waals surface area contributed by atoms with E-state index in [4.69, 9.17) is 21.1 Å². The molecule has 0 aromatic heterocycles. The van der Waals surface area contributed by atoms with E-state index >= 15 is 0 Å². The normalized spacial score (nSPS) is 14.2. The Kier molecular flexibility index (Phi) is 5.64. The Morgan fingerprint density at radius 3 is 2.69 bits per heavy atom. The summed E-state index contributed by atoms with van der Waals surface area (Å²) in [6.07, 6.45) is 0. The SMILES string of the molecule is C[C@@H](C(=O)Nc1ccc(F)cc1Cl)N(C)Cc1ccc2c(c1)OCCO2. The third kappa shape index (κ3) is 4.26. The van der Waals surface area contributed by atoms with Gasteiger partial charge in [-0.2, -0.15) is 0 Å². The highest BCUT2D eigenvalue weighted by atomic mass is 35.5. The van der Waals surface area contributed by atoms with Crippen molar-refractivity contribution in [1.29, 1.82) is 0 Å². The zero-order chi connectivity index (χ0) is 18.7. The first-order chi connectivity index (χ1) is 12.4. The van der Waals surface area contributed by atoms with Crippen LogP contribution in [0.15, 0.2) is 36.4 Å². The van der Waals surface area contributed by atoms with Gasteiger partial charge in [0, 0.05) is 6.54 Å². The van der Waals surface area contributed by atoms with Gasteiger partial charge in [-0.25, -0.2) is 4.39 Å². The molecule has 2 aromatic carbocycles. The van der Waals surface area contributed by atoms with Crippen molar-refractivity contribution in [2.24, 2.45) is 0 Å². The first-order valence-electron chi connectivity index (χ1n) is 8.28. The lowest BCUT2D eigenvalue weighted by atomic mass is 10.1. The summed E-state index contributed by atoms with van der Waals surface area (Å²) in [5.74, 6) is 0.784. The molecule has 0 saturated heterocycles. The lowest BCUT2D eigenvalue weighted by Gasteiger charge is -2.25. The van der Waals surface area contributed by atoms with Crippen molar-refractivity contribution in [1.82, 2.24) is 4.90 Å². The summed E-state index contributed by atoms with van der Waals surface area (Å²) in [5.41, 5.74) is 1.40. The lowest BCUT2D eigenvalue weighted by molar-refractivity contribution is -0.120. The van der Waals surface area contributed by atoms with E-state index in [1.165, 1.54) is 18.2 Å². The molecule has 0 aliphatic carbocycles. The molecule has 3 rings (SSSR count). The van der Waals surface area contributed by atoms with Crippen molar-refractivity contribution < 1.29 is 18.7 Å². The highest BCUT2D eigenvalue weighted by molar-refractivity contribution is 6.33. The molecule has 1 atom stereocenters. The van der Waals surface area contributed by atoms with E-state index in [-0.39, 0.29) is 10.9 Å². The van der Waals surface area contributed by atoms with Crippen LogP contribution in [0.1, 0.15) is 12.5 Å². The van der Waals surface area contributed by atoms with Gasteiger partial charge in [-0.15, -0.1) is 0 Å². The molecule has 1 heterocycles. The molecule has 7 heteroatoms. The van der Waals surface area contributed by atoms with Gasteiger partial charge in [0.1, 0.15) is 19.0 Å². The number of likely N-dealkylation sites (N-methyl/N-ethyl adjacent to an activating group) is 1. The van der Waals surface area contributed by atoms with E-state index in [1.54, 1.807) is 6.92 Å². The van der Waals surface area contributed by atoms with Gasteiger partial charge >= 0.3 is 0 Å². The summed E-state index contributed by atoms with van der Waals surface area (Å²) in [6, 6.07) is 9.21. The predicted molar refractivity (Wildman–Crippen MR) is 98.4 cm³/mol. The Morgan fingerprint density at radius 1 is 1.23 bits per heavy atom. The molecular weight excluding hydrogens is 359 g/mol. The number of anilines is 1. The number of carbonyl (C=O) groups excluding carboxylic acids is 1. The summed E-state index contributed by atoms with van der Waals surface area (Å²) in [6.45, 7) is 3.44. The van der Waals surface area contributed by atoms with Crippen LogP contribution in [0.2, 0.25) is 5.02 Å². The van der Waals surface area contributed by atoms with Crippen molar-refractivity contribution in [3.8, 4) is 11.5 Å². The summed E-state index contributed by atoms with van der Waals surface area (Å²) in [4.78, 5) is 14.4.